The molecule has 180 valence electrons. The minimum atomic E-state index is -4.93. The van der Waals surface area contributed by atoms with Crippen molar-refractivity contribution in [3.8, 4) is 17.1 Å². The van der Waals surface area contributed by atoms with Gasteiger partial charge < -0.3 is 10.4 Å². The molecular formula is C23H16F5N5O2. The highest BCUT2D eigenvalue weighted by Gasteiger charge is 2.36. The lowest BCUT2D eigenvalue weighted by Gasteiger charge is -2.15. The number of halogens is 5. The molecule has 4 aromatic rings. The topological polar surface area (TPSA) is 92.9 Å². The number of hydrogen-bond acceptors (Lipinski definition) is 5. The van der Waals surface area contributed by atoms with Crippen molar-refractivity contribution in [2.24, 2.45) is 0 Å². The SMILES string of the molecule is CC(O)c1cc(NC(=O)c2cc(-c3ncccn3)c(C(F)(F)F)cc2F)n(-c2ccc(F)cc2)n1. The Morgan fingerprint density at radius 2 is 1.71 bits per heavy atom. The van der Waals surface area contributed by atoms with Crippen molar-refractivity contribution in [3.05, 3.63) is 89.4 Å². The summed E-state index contributed by atoms with van der Waals surface area (Å²) >= 11 is 0. The molecule has 2 aromatic carbocycles. The molecule has 1 amide bonds. The molecule has 0 aliphatic heterocycles. The molecule has 2 N–H and O–H groups in total. The van der Waals surface area contributed by atoms with Crippen molar-refractivity contribution in [2.75, 3.05) is 5.32 Å². The summed E-state index contributed by atoms with van der Waals surface area (Å²) in [6.45, 7) is 1.42. The van der Waals surface area contributed by atoms with Crippen molar-refractivity contribution in [1.29, 1.82) is 0 Å². The van der Waals surface area contributed by atoms with Gasteiger partial charge in [-0.15, -0.1) is 0 Å². The first kappa shape index (κ1) is 24.0. The predicted octanol–water partition coefficient (Wildman–Crippen LogP) is 4.93. The highest BCUT2D eigenvalue weighted by Crippen LogP contribution is 2.37. The lowest BCUT2D eigenvalue weighted by molar-refractivity contribution is -0.137. The lowest BCUT2D eigenvalue weighted by Crippen LogP contribution is -2.18. The van der Waals surface area contributed by atoms with E-state index in [1.165, 1.54) is 48.3 Å². The van der Waals surface area contributed by atoms with Gasteiger partial charge >= 0.3 is 6.18 Å². The van der Waals surface area contributed by atoms with E-state index >= 15 is 0 Å². The highest BCUT2D eigenvalue weighted by atomic mass is 19.4. The Kier molecular flexibility index (Phi) is 6.31. The smallest absolute Gasteiger partial charge is 0.387 e. The predicted molar refractivity (Wildman–Crippen MR) is 115 cm³/mol. The molecule has 7 nitrogen and oxygen atoms in total. The van der Waals surface area contributed by atoms with E-state index in [1.54, 1.807) is 0 Å². The lowest BCUT2D eigenvalue weighted by atomic mass is 10.0. The zero-order chi connectivity index (χ0) is 25.3. The summed E-state index contributed by atoms with van der Waals surface area (Å²) in [5, 5.41) is 16.4. The van der Waals surface area contributed by atoms with Crippen LogP contribution in [0.2, 0.25) is 0 Å². The summed E-state index contributed by atoms with van der Waals surface area (Å²) in [6, 6.07) is 8.62. The molecule has 2 aromatic heterocycles. The van der Waals surface area contributed by atoms with Crippen molar-refractivity contribution in [1.82, 2.24) is 19.7 Å². The van der Waals surface area contributed by atoms with Gasteiger partial charge in [0.1, 0.15) is 17.5 Å². The van der Waals surface area contributed by atoms with E-state index in [0.29, 0.717) is 5.69 Å². The zero-order valence-electron chi connectivity index (χ0n) is 17.9. The fourth-order valence-electron chi connectivity index (χ4n) is 3.26. The summed E-state index contributed by atoms with van der Waals surface area (Å²) < 4.78 is 69.9. The minimum absolute atomic E-state index is 0.0330. The number of aliphatic hydroxyl groups is 1. The number of amides is 1. The van der Waals surface area contributed by atoms with Crippen molar-refractivity contribution in [3.63, 3.8) is 0 Å². The second kappa shape index (κ2) is 9.22. The van der Waals surface area contributed by atoms with Crippen LogP contribution in [-0.2, 0) is 6.18 Å². The number of hydrogen-bond donors (Lipinski definition) is 2. The first-order chi connectivity index (χ1) is 16.5. The van der Waals surface area contributed by atoms with Crippen LogP contribution in [-0.4, -0.2) is 30.8 Å². The second-order valence-electron chi connectivity index (χ2n) is 7.42. The number of carbonyl (C=O) groups is 1. The molecule has 0 radical (unpaired) electrons. The van der Waals surface area contributed by atoms with Crippen LogP contribution in [0.3, 0.4) is 0 Å². The summed E-state index contributed by atoms with van der Waals surface area (Å²) in [5.74, 6) is -3.41. The van der Waals surface area contributed by atoms with Gasteiger partial charge in [-0.25, -0.2) is 23.4 Å². The fourth-order valence-corrected chi connectivity index (χ4v) is 3.26. The van der Waals surface area contributed by atoms with Crippen LogP contribution in [0.5, 0.6) is 0 Å². The summed E-state index contributed by atoms with van der Waals surface area (Å²) in [6.07, 6.45) is -3.55. The van der Waals surface area contributed by atoms with E-state index in [-0.39, 0.29) is 23.4 Å². The normalized spacial score (nSPS) is 12.4. The van der Waals surface area contributed by atoms with Gasteiger partial charge in [0.25, 0.3) is 5.91 Å². The molecule has 0 spiro atoms. The number of nitrogens with zero attached hydrogens (tertiary/aromatic N) is 4. The van der Waals surface area contributed by atoms with Crippen molar-refractivity contribution >= 4 is 11.7 Å². The largest absolute Gasteiger partial charge is 0.417 e. The standard InChI is InChI=1S/C23H16F5N5O2/c1-12(34)19-11-20(33(32-19)14-5-3-13(24)4-6-14)31-22(35)16-9-15(21-29-7-2-8-30-21)17(10-18(16)25)23(26,27)28/h2-12,34H,1H3,(H,31,35). The van der Waals surface area contributed by atoms with Crippen molar-refractivity contribution < 1.29 is 31.9 Å². The average Bonchev–Trinajstić information content (AvgIpc) is 3.23. The maximum Gasteiger partial charge on any atom is 0.417 e. The number of alkyl halides is 3. The van der Waals surface area contributed by atoms with Crippen LogP contribution in [0.15, 0.2) is 60.9 Å². The Bertz CT molecular complexity index is 1370. The van der Waals surface area contributed by atoms with E-state index in [1.807, 2.05) is 0 Å². The Labute approximate surface area is 194 Å². The first-order valence-electron chi connectivity index (χ1n) is 10.1. The molecule has 12 heteroatoms. The quantitative estimate of drug-likeness (QED) is 0.388. The van der Waals surface area contributed by atoms with Gasteiger partial charge in [-0.2, -0.15) is 18.3 Å². The number of aromatic nitrogens is 4. The summed E-state index contributed by atoms with van der Waals surface area (Å²) in [7, 11) is 0. The molecule has 4 rings (SSSR count). The fraction of sp³-hybridized carbons (Fsp3) is 0.130. The number of benzene rings is 2. The van der Waals surface area contributed by atoms with E-state index < -0.39 is 46.5 Å². The highest BCUT2D eigenvalue weighted by molar-refractivity contribution is 6.05. The Morgan fingerprint density at radius 1 is 1.06 bits per heavy atom. The molecule has 0 bridgehead atoms. The molecule has 0 fully saturated rings. The van der Waals surface area contributed by atoms with E-state index in [2.05, 4.69) is 20.4 Å². The number of anilines is 1. The Balaban J connectivity index is 1.77. The van der Waals surface area contributed by atoms with Crippen molar-refractivity contribution in [2.45, 2.75) is 19.2 Å². The van der Waals surface area contributed by atoms with Gasteiger partial charge in [0.2, 0.25) is 0 Å². The Hall–Kier alpha value is -4.19. The van der Waals surface area contributed by atoms with Crippen LogP contribution in [0, 0.1) is 11.6 Å². The zero-order valence-corrected chi connectivity index (χ0v) is 17.9. The molecule has 1 atom stereocenters. The van der Waals surface area contributed by atoms with E-state index in [4.69, 9.17) is 0 Å². The van der Waals surface area contributed by atoms with Gasteiger partial charge in [0.05, 0.1) is 28.6 Å². The number of aliphatic hydroxyl groups excluding tert-OH is 1. The van der Waals surface area contributed by atoms with Gasteiger partial charge in [-0.1, -0.05) is 0 Å². The third-order valence-electron chi connectivity index (χ3n) is 4.93. The van der Waals surface area contributed by atoms with Crippen LogP contribution >= 0.6 is 0 Å². The second-order valence-corrected chi connectivity index (χ2v) is 7.42. The molecule has 0 aliphatic rings. The molecule has 0 aliphatic carbocycles. The minimum Gasteiger partial charge on any atom is -0.387 e. The molecule has 35 heavy (non-hydrogen) atoms. The first-order valence-corrected chi connectivity index (χ1v) is 10.1. The van der Waals surface area contributed by atoms with Crippen LogP contribution < -0.4 is 5.32 Å². The summed E-state index contributed by atoms with van der Waals surface area (Å²) in [5.41, 5.74) is -2.19. The molecular weight excluding hydrogens is 473 g/mol. The van der Waals surface area contributed by atoms with Crippen LogP contribution in [0.4, 0.5) is 27.8 Å². The maximum absolute atomic E-state index is 14.7. The molecule has 0 saturated heterocycles. The molecule has 0 saturated carbocycles. The van der Waals surface area contributed by atoms with E-state index in [0.717, 1.165) is 18.2 Å². The summed E-state index contributed by atoms with van der Waals surface area (Å²) in [4.78, 5) is 20.5. The Morgan fingerprint density at radius 3 is 2.31 bits per heavy atom. The van der Waals surface area contributed by atoms with Gasteiger partial charge in [0.15, 0.2) is 5.82 Å². The number of carbonyl (C=O) groups excluding carboxylic acids is 1. The van der Waals surface area contributed by atoms with Gasteiger partial charge in [-0.3, -0.25) is 4.79 Å². The van der Waals surface area contributed by atoms with Gasteiger partial charge in [0, 0.05) is 24.0 Å². The van der Waals surface area contributed by atoms with Crippen LogP contribution in [0.25, 0.3) is 17.1 Å². The maximum atomic E-state index is 14.7. The third-order valence-corrected chi connectivity index (χ3v) is 4.93. The molecule has 2 heterocycles. The number of rotatable bonds is 5. The number of nitrogens with one attached hydrogen (secondary N) is 1. The van der Waals surface area contributed by atoms with E-state index in [9.17, 15) is 31.9 Å². The third kappa shape index (κ3) is 5.01. The average molecular weight is 489 g/mol. The van der Waals surface area contributed by atoms with Crippen LogP contribution in [0.1, 0.15) is 34.6 Å². The molecule has 1 unspecified atom stereocenters. The monoisotopic (exact) mass is 489 g/mol. The van der Waals surface area contributed by atoms with Gasteiger partial charge in [-0.05, 0) is 49.4 Å².